The molecule has 3 rings (SSSR count). The van der Waals surface area contributed by atoms with Crippen LogP contribution in [-0.2, 0) is 16.1 Å². The van der Waals surface area contributed by atoms with E-state index in [0.717, 1.165) is 31.2 Å². The van der Waals surface area contributed by atoms with Crippen LogP contribution in [-0.4, -0.2) is 28.7 Å². The van der Waals surface area contributed by atoms with Crippen LogP contribution in [0.3, 0.4) is 0 Å². The molecular weight excluding hydrogens is 340 g/mol. The van der Waals surface area contributed by atoms with Gasteiger partial charge < -0.3 is 4.90 Å². The third kappa shape index (κ3) is 4.57. The molecule has 1 fully saturated rings. The first kappa shape index (κ1) is 21.1. The van der Waals surface area contributed by atoms with E-state index in [0.29, 0.717) is 24.4 Å². The molecule has 5 heteroatoms. The van der Waals surface area contributed by atoms with E-state index in [2.05, 4.69) is 31.3 Å². The van der Waals surface area contributed by atoms with Crippen molar-refractivity contribution < 1.29 is 14.4 Å². The average Bonchev–Trinajstić information content (AvgIpc) is 2.99. The second-order valence-electron chi connectivity index (χ2n) is 7.09. The molecule has 1 N–H and O–H groups in total. The van der Waals surface area contributed by atoms with Crippen LogP contribution in [0.25, 0.3) is 0 Å². The predicted octanol–water partition coefficient (Wildman–Crippen LogP) is 4.16. The minimum absolute atomic E-state index is 0.0985. The highest BCUT2D eigenvalue weighted by atomic mass is 16.2. The average molecular weight is 373 g/mol. The van der Waals surface area contributed by atoms with E-state index in [4.69, 9.17) is 0 Å². The second-order valence-corrected chi connectivity index (χ2v) is 7.09. The molecule has 0 bridgehead atoms. The maximum atomic E-state index is 12.7. The summed E-state index contributed by atoms with van der Waals surface area (Å²) in [7, 11) is 0. The van der Waals surface area contributed by atoms with E-state index >= 15 is 0 Å². The zero-order valence-electron chi connectivity index (χ0n) is 17.0. The van der Waals surface area contributed by atoms with Crippen molar-refractivity contribution in [3.63, 3.8) is 0 Å². The summed E-state index contributed by atoms with van der Waals surface area (Å²) in [4.78, 5) is 37.8. The van der Waals surface area contributed by atoms with Crippen molar-refractivity contribution in [2.75, 3.05) is 0 Å². The highest BCUT2D eigenvalue weighted by molar-refractivity contribution is 6.05. The zero-order chi connectivity index (χ0) is 20.0. The Balaban J connectivity index is 0.00000126. The summed E-state index contributed by atoms with van der Waals surface area (Å²) in [5.41, 5.74) is 2.99. The molecule has 1 aromatic rings. The number of nitrogens with one attached hydrogen (secondary N) is 1. The van der Waals surface area contributed by atoms with Crippen LogP contribution in [0.15, 0.2) is 18.2 Å². The van der Waals surface area contributed by atoms with Crippen molar-refractivity contribution >= 4 is 17.7 Å². The summed E-state index contributed by atoms with van der Waals surface area (Å²) in [6.07, 6.45) is 5.28. The van der Waals surface area contributed by atoms with Gasteiger partial charge in [0.1, 0.15) is 6.04 Å². The van der Waals surface area contributed by atoms with Crippen molar-refractivity contribution in [1.82, 2.24) is 10.2 Å². The van der Waals surface area contributed by atoms with Gasteiger partial charge in [-0.1, -0.05) is 52.7 Å². The maximum Gasteiger partial charge on any atom is 0.255 e. The van der Waals surface area contributed by atoms with E-state index in [1.165, 1.54) is 5.56 Å². The Morgan fingerprint density at radius 1 is 1.11 bits per heavy atom. The van der Waals surface area contributed by atoms with Crippen LogP contribution in [0.1, 0.15) is 93.6 Å². The van der Waals surface area contributed by atoms with Crippen molar-refractivity contribution in [2.24, 2.45) is 0 Å². The lowest BCUT2D eigenvalue weighted by molar-refractivity contribution is -0.136. The quantitative estimate of drug-likeness (QED) is 0.763. The molecule has 0 radical (unpaired) electrons. The van der Waals surface area contributed by atoms with Gasteiger partial charge in [0.15, 0.2) is 0 Å². The Kier molecular flexibility index (Phi) is 7.57. The van der Waals surface area contributed by atoms with Gasteiger partial charge in [0.25, 0.3) is 5.91 Å². The molecule has 0 saturated carbocycles. The molecule has 148 valence electrons. The fourth-order valence-electron chi connectivity index (χ4n) is 4.02. The molecule has 27 heavy (non-hydrogen) atoms. The Labute approximate surface area is 162 Å². The highest BCUT2D eigenvalue weighted by Gasteiger charge is 2.39. The highest BCUT2D eigenvalue weighted by Crippen LogP contribution is 2.32. The number of imide groups is 1. The first-order valence-electron chi connectivity index (χ1n) is 10.3. The van der Waals surface area contributed by atoms with Gasteiger partial charge in [-0.3, -0.25) is 19.7 Å². The molecule has 5 nitrogen and oxygen atoms in total. The minimum atomic E-state index is -0.539. The number of hydrogen-bond acceptors (Lipinski definition) is 3. The number of benzene rings is 1. The largest absolute Gasteiger partial charge is 0.322 e. The summed E-state index contributed by atoms with van der Waals surface area (Å²) in [6.45, 7) is 8.85. The van der Waals surface area contributed by atoms with Gasteiger partial charge in [-0.15, -0.1) is 0 Å². The molecule has 2 heterocycles. The number of rotatable bonds is 6. The third-order valence-corrected chi connectivity index (χ3v) is 5.29. The van der Waals surface area contributed by atoms with Gasteiger partial charge in [0.05, 0.1) is 0 Å². The van der Waals surface area contributed by atoms with Crippen molar-refractivity contribution in [3.05, 3.63) is 34.9 Å². The Morgan fingerprint density at radius 2 is 1.78 bits per heavy atom. The lowest BCUT2D eigenvalue weighted by atomic mass is 9.89. The second kappa shape index (κ2) is 9.67. The van der Waals surface area contributed by atoms with Crippen molar-refractivity contribution in [3.8, 4) is 0 Å². The molecule has 0 spiro atoms. The van der Waals surface area contributed by atoms with Gasteiger partial charge in [-0.05, 0) is 42.4 Å². The monoisotopic (exact) mass is 372 g/mol. The number of carbonyl (C=O) groups excluding carboxylic acids is 3. The summed E-state index contributed by atoms with van der Waals surface area (Å²) in [6, 6.07) is 5.59. The van der Waals surface area contributed by atoms with Crippen molar-refractivity contribution in [1.29, 1.82) is 0 Å². The van der Waals surface area contributed by atoms with E-state index in [9.17, 15) is 14.4 Å². The van der Waals surface area contributed by atoms with Crippen LogP contribution in [0.5, 0.6) is 0 Å². The smallest absolute Gasteiger partial charge is 0.255 e. The van der Waals surface area contributed by atoms with Crippen molar-refractivity contribution in [2.45, 2.75) is 84.7 Å². The molecule has 1 unspecified atom stereocenters. The minimum Gasteiger partial charge on any atom is -0.322 e. The lowest BCUT2D eigenvalue weighted by Gasteiger charge is -2.29. The van der Waals surface area contributed by atoms with E-state index in [1.54, 1.807) is 4.90 Å². The maximum absolute atomic E-state index is 12.7. The van der Waals surface area contributed by atoms with E-state index in [1.807, 2.05) is 19.9 Å². The van der Waals surface area contributed by atoms with Gasteiger partial charge in [0.2, 0.25) is 11.8 Å². The molecule has 1 atom stereocenters. The third-order valence-electron chi connectivity index (χ3n) is 5.29. The Hall–Kier alpha value is -2.17. The standard InChI is InChI=1S/C20H26N2O3.C2H6/c1-3-5-13(6-4-2)14-7-8-16-15(11-14)12-22(20(16)25)17-9-10-18(23)21-19(17)24;1-2/h7-8,11,13,17H,3-6,9-10,12H2,1-2H3,(H,21,23,24);1-2H3. The SMILES string of the molecule is CC.CCCC(CCC)c1ccc2c(c1)CN(C1CCC(=O)NC1=O)C2=O. The van der Waals surface area contributed by atoms with E-state index in [-0.39, 0.29) is 24.1 Å². The number of hydrogen-bond donors (Lipinski definition) is 1. The predicted molar refractivity (Wildman–Crippen MR) is 106 cm³/mol. The Morgan fingerprint density at radius 3 is 2.37 bits per heavy atom. The lowest BCUT2D eigenvalue weighted by Crippen LogP contribution is -2.52. The van der Waals surface area contributed by atoms with Crippen LogP contribution in [0, 0.1) is 0 Å². The molecule has 2 aliphatic heterocycles. The topological polar surface area (TPSA) is 66.5 Å². The first-order valence-corrected chi connectivity index (χ1v) is 10.3. The van der Waals surface area contributed by atoms with Gasteiger partial charge >= 0.3 is 0 Å². The Bertz CT molecular complexity index is 693. The van der Waals surface area contributed by atoms with Crippen LogP contribution in [0.2, 0.25) is 0 Å². The molecule has 0 aromatic heterocycles. The molecule has 1 saturated heterocycles. The van der Waals surface area contributed by atoms with Crippen LogP contribution >= 0.6 is 0 Å². The summed E-state index contributed by atoms with van der Waals surface area (Å²) in [5, 5.41) is 2.34. The molecule has 0 aliphatic carbocycles. The molecule has 1 aromatic carbocycles. The van der Waals surface area contributed by atoms with Gasteiger partial charge in [-0.25, -0.2) is 0 Å². The molecule has 3 amide bonds. The number of carbonyl (C=O) groups is 3. The van der Waals surface area contributed by atoms with E-state index < -0.39 is 6.04 Å². The first-order chi connectivity index (χ1) is 13.0. The fourth-order valence-corrected chi connectivity index (χ4v) is 4.02. The summed E-state index contributed by atoms with van der Waals surface area (Å²) in [5.74, 6) is -0.180. The zero-order valence-corrected chi connectivity index (χ0v) is 17.0. The number of nitrogens with zero attached hydrogens (tertiary/aromatic N) is 1. The van der Waals surface area contributed by atoms with Gasteiger partial charge in [-0.2, -0.15) is 0 Å². The summed E-state index contributed by atoms with van der Waals surface area (Å²) >= 11 is 0. The van der Waals surface area contributed by atoms with Crippen LogP contribution in [0.4, 0.5) is 0 Å². The summed E-state index contributed by atoms with van der Waals surface area (Å²) < 4.78 is 0. The normalized spacial score (nSPS) is 18.9. The number of fused-ring (bicyclic) bond motifs is 1. The molecule has 2 aliphatic rings. The molecular formula is C22H32N2O3. The van der Waals surface area contributed by atoms with Gasteiger partial charge in [0, 0.05) is 18.5 Å². The fraction of sp³-hybridized carbons (Fsp3) is 0.591. The number of piperidine rings is 1. The van der Waals surface area contributed by atoms with Crippen LogP contribution < -0.4 is 5.32 Å². The number of amides is 3.